The topological polar surface area (TPSA) is 144 Å². The van der Waals surface area contributed by atoms with Crippen molar-refractivity contribution in [3.05, 3.63) is 12.7 Å². The van der Waals surface area contributed by atoms with Crippen LogP contribution in [0.5, 0.6) is 0 Å². The molecule has 0 aliphatic carbocycles. The van der Waals surface area contributed by atoms with Gasteiger partial charge < -0.3 is 29.4 Å². The molecule has 0 saturated carbocycles. The zero-order valence-electron chi connectivity index (χ0n) is 13.6. The SMILES string of the molecule is COC1[C@@H]2OC[C@]1(COP(C)(=O)O)O[C@H]2n1cnc2c(N)ncnc21. The van der Waals surface area contributed by atoms with Crippen LogP contribution in [0.1, 0.15) is 6.23 Å². The molecule has 4 heterocycles. The van der Waals surface area contributed by atoms with E-state index >= 15 is 0 Å². The van der Waals surface area contributed by atoms with Crippen LogP contribution in [0.15, 0.2) is 12.7 Å². The van der Waals surface area contributed by atoms with E-state index in [-0.39, 0.29) is 19.0 Å². The molecule has 0 spiro atoms. The van der Waals surface area contributed by atoms with E-state index in [9.17, 15) is 9.46 Å². The summed E-state index contributed by atoms with van der Waals surface area (Å²) in [5, 5.41) is 0. The number of imidazole rings is 1. The molecule has 0 radical (unpaired) electrons. The largest absolute Gasteiger partial charge is 0.382 e. The number of fused-ring (bicyclic) bond motifs is 3. The molecule has 2 saturated heterocycles. The van der Waals surface area contributed by atoms with Crippen molar-refractivity contribution in [1.82, 2.24) is 19.5 Å². The molecule has 0 aromatic carbocycles. The number of hydrogen-bond donors (Lipinski definition) is 2. The van der Waals surface area contributed by atoms with Gasteiger partial charge in [-0.2, -0.15) is 0 Å². The second kappa shape index (κ2) is 5.70. The molecule has 5 atom stereocenters. The number of hydrogen-bond acceptors (Lipinski definition) is 9. The van der Waals surface area contributed by atoms with E-state index in [0.29, 0.717) is 11.2 Å². The highest BCUT2D eigenvalue weighted by Gasteiger charge is 2.63. The molecule has 136 valence electrons. The fourth-order valence-electron chi connectivity index (χ4n) is 3.35. The normalized spacial score (nSPS) is 33.8. The molecular weight excluding hydrogens is 353 g/mol. The molecule has 2 aromatic heterocycles. The molecule has 2 bridgehead atoms. The first-order valence-electron chi connectivity index (χ1n) is 7.55. The smallest absolute Gasteiger partial charge is 0.325 e. The van der Waals surface area contributed by atoms with Crippen molar-refractivity contribution in [1.29, 1.82) is 0 Å². The van der Waals surface area contributed by atoms with E-state index in [2.05, 4.69) is 15.0 Å². The van der Waals surface area contributed by atoms with E-state index in [0.717, 1.165) is 6.66 Å². The Labute approximate surface area is 142 Å². The van der Waals surface area contributed by atoms with Crippen molar-refractivity contribution < 1.29 is 28.2 Å². The fraction of sp³-hybridized carbons (Fsp3) is 0.615. The number of ether oxygens (including phenoxy) is 3. The summed E-state index contributed by atoms with van der Waals surface area (Å²) in [6.45, 7) is 1.18. The van der Waals surface area contributed by atoms with Crippen LogP contribution in [-0.4, -0.2) is 69.2 Å². The number of nitrogens with two attached hydrogens (primary N) is 1. The average molecular weight is 371 g/mol. The standard InChI is InChI=1S/C13H18N5O6P/c1-21-9-8-12(18-6-17-7-10(14)15-5-16-11(7)18)24-13(9,3-22-8)4-23-25(2,19)20/h5-6,8-9,12H,3-4H2,1-2H3,(H,19,20)(H2,14,15,16)/t8-,9?,12+,13+/m0/s1. The van der Waals surface area contributed by atoms with Crippen LogP contribution in [0.25, 0.3) is 11.2 Å². The molecule has 2 aliphatic rings. The van der Waals surface area contributed by atoms with Gasteiger partial charge in [-0.3, -0.25) is 9.13 Å². The van der Waals surface area contributed by atoms with Crippen molar-refractivity contribution in [2.75, 3.05) is 32.7 Å². The molecule has 11 nitrogen and oxygen atoms in total. The molecule has 4 rings (SSSR count). The van der Waals surface area contributed by atoms with Crippen molar-refractivity contribution in [2.45, 2.75) is 24.0 Å². The molecule has 25 heavy (non-hydrogen) atoms. The van der Waals surface area contributed by atoms with Crippen molar-refractivity contribution >= 4 is 24.6 Å². The Morgan fingerprint density at radius 2 is 2.32 bits per heavy atom. The van der Waals surface area contributed by atoms with Crippen molar-refractivity contribution in [3.63, 3.8) is 0 Å². The Morgan fingerprint density at radius 3 is 3.04 bits per heavy atom. The predicted octanol–water partition coefficient (Wildman–Crippen LogP) is -0.0783. The molecule has 0 amide bonds. The maximum Gasteiger partial charge on any atom is 0.325 e. The van der Waals surface area contributed by atoms with E-state index < -0.39 is 31.6 Å². The number of rotatable bonds is 5. The third-order valence-corrected chi connectivity index (χ3v) is 5.05. The summed E-state index contributed by atoms with van der Waals surface area (Å²) >= 11 is 0. The average Bonchev–Trinajstić information content (AvgIpc) is 3.22. The molecule has 2 fully saturated rings. The van der Waals surface area contributed by atoms with Crippen LogP contribution >= 0.6 is 7.60 Å². The summed E-state index contributed by atoms with van der Waals surface area (Å²) in [6.07, 6.45) is 1.38. The quantitative estimate of drug-likeness (QED) is 0.685. The highest BCUT2D eigenvalue weighted by molar-refractivity contribution is 7.51. The monoisotopic (exact) mass is 371 g/mol. The van der Waals surface area contributed by atoms with Gasteiger partial charge in [-0.25, -0.2) is 15.0 Å². The van der Waals surface area contributed by atoms with Crippen LogP contribution in [0, 0.1) is 0 Å². The minimum Gasteiger partial charge on any atom is -0.382 e. The second-order valence-electron chi connectivity index (χ2n) is 6.16. The Morgan fingerprint density at radius 1 is 1.52 bits per heavy atom. The van der Waals surface area contributed by atoms with E-state index in [4.69, 9.17) is 24.5 Å². The zero-order chi connectivity index (χ0) is 17.8. The second-order valence-corrected chi connectivity index (χ2v) is 8.03. The lowest BCUT2D eigenvalue weighted by Gasteiger charge is -2.31. The molecule has 2 aromatic rings. The molecule has 2 unspecified atom stereocenters. The number of anilines is 1. The highest BCUT2D eigenvalue weighted by Crippen LogP contribution is 2.49. The number of aromatic nitrogens is 4. The number of methoxy groups -OCH3 is 1. The summed E-state index contributed by atoms with van der Waals surface area (Å²) in [6, 6.07) is 0. The minimum absolute atomic E-state index is 0.132. The lowest BCUT2D eigenvalue weighted by molar-refractivity contribution is -0.183. The van der Waals surface area contributed by atoms with Gasteiger partial charge in [0.15, 0.2) is 17.7 Å². The van der Waals surface area contributed by atoms with Crippen LogP contribution in [-0.2, 0) is 23.3 Å². The van der Waals surface area contributed by atoms with Gasteiger partial charge in [-0.1, -0.05) is 0 Å². The third-order valence-electron chi connectivity index (χ3n) is 4.44. The first kappa shape index (κ1) is 16.8. The summed E-state index contributed by atoms with van der Waals surface area (Å²) in [5.74, 6) is 0.265. The summed E-state index contributed by atoms with van der Waals surface area (Å²) in [4.78, 5) is 21.8. The van der Waals surface area contributed by atoms with Crippen LogP contribution in [0.2, 0.25) is 0 Å². The molecular formula is C13H18N5O6P. The Hall–Kier alpha value is -1.62. The Kier molecular flexibility index (Phi) is 3.83. The van der Waals surface area contributed by atoms with Gasteiger partial charge in [-0.15, -0.1) is 0 Å². The summed E-state index contributed by atoms with van der Waals surface area (Å²) in [7, 11) is -2.13. The zero-order valence-corrected chi connectivity index (χ0v) is 14.5. The van der Waals surface area contributed by atoms with Gasteiger partial charge in [0.1, 0.15) is 29.7 Å². The van der Waals surface area contributed by atoms with E-state index in [1.165, 1.54) is 13.4 Å². The van der Waals surface area contributed by atoms with Gasteiger partial charge >= 0.3 is 7.60 Å². The Bertz CT molecular complexity index is 855. The predicted molar refractivity (Wildman–Crippen MR) is 84.8 cm³/mol. The third kappa shape index (κ3) is 2.64. The highest BCUT2D eigenvalue weighted by atomic mass is 31.2. The summed E-state index contributed by atoms with van der Waals surface area (Å²) in [5.41, 5.74) is 5.79. The molecule has 3 N–H and O–H groups in total. The first-order chi connectivity index (χ1) is 11.8. The lowest BCUT2D eigenvalue weighted by Crippen LogP contribution is -2.45. The van der Waals surface area contributed by atoms with Crippen LogP contribution in [0.4, 0.5) is 5.82 Å². The first-order valence-corrected chi connectivity index (χ1v) is 9.57. The van der Waals surface area contributed by atoms with Crippen LogP contribution < -0.4 is 5.73 Å². The van der Waals surface area contributed by atoms with Crippen molar-refractivity contribution in [3.8, 4) is 0 Å². The fourth-order valence-corrected chi connectivity index (χ4v) is 3.81. The number of nitrogens with zero attached hydrogens (tertiary/aromatic N) is 4. The Balaban J connectivity index is 1.68. The number of nitrogen functional groups attached to an aromatic ring is 1. The molecule has 12 heteroatoms. The van der Waals surface area contributed by atoms with Gasteiger partial charge in [0, 0.05) is 13.8 Å². The van der Waals surface area contributed by atoms with Crippen LogP contribution in [0.3, 0.4) is 0 Å². The van der Waals surface area contributed by atoms with Gasteiger partial charge in [0.25, 0.3) is 0 Å². The molecule has 2 aliphatic heterocycles. The maximum atomic E-state index is 11.5. The summed E-state index contributed by atoms with van der Waals surface area (Å²) < 4.78 is 35.8. The van der Waals surface area contributed by atoms with E-state index in [1.807, 2.05) is 0 Å². The van der Waals surface area contributed by atoms with Crippen molar-refractivity contribution in [2.24, 2.45) is 0 Å². The van der Waals surface area contributed by atoms with Gasteiger partial charge in [0.2, 0.25) is 0 Å². The van der Waals surface area contributed by atoms with Gasteiger partial charge in [-0.05, 0) is 0 Å². The van der Waals surface area contributed by atoms with Gasteiger partial charge in [0.05, 0.1) is 19.5 Å². The maximum absolute atomic E-state index is 11.5. The van der Waals surface area contributed by atoms with E-state index in [1.54, 1.807) is 10.9 Å². The lowest BCUT2D eigenvalue weighted by atomic mass is 10.0. The minimum atomic E-state index is -3.67.